The fourth-order valence-corrected chi connectivity index (χ4v) is 1.79. The van der Waals surface area contributed by atoms with E-state index in [1.807, 2.05) is 0 Å². The maximum Gasteiger partial charge on any atom is 0.248 e. The molecule has 20 heavy (non-hydrogen) atoms. The van der Waals surface area contributed by atoms with Gasteiger partial charge in [0.1, 0.15) is 18.5 Å². The molecule has 1 unspecified atom stereocenters. The Morgan fingerprint density at radius 3 is 2.40 bits per heavy atom. The SMILES string of the molecule is NC(=O)c1ccc(OCC(O)c2ccccc2N)cc1. The lowest BCUT2D eigenvalue weighted by atomic mass is 10.1. The topological polar surface area (TPSA) is 98.6 Å². The first-order valence-corrected chi connectivity index (χ1v) is 6.13. The first-order chi connectivity index (χ1) is 9.58. The summed E-state index contributed by atoms with van der Waals surface area (Å²) in [5, 5.41) is 10.0. The third kappa shape index (κ3) is 3.27. The van der Waals surface area contributed by atoms with E-state index in [0.29, 0.717) is 22.6 Å². The molecule has 2 rings (SSSR count). The molecule has 0 aliphatic carbocycles. The first-order valence-electron chi connectivity index (χ1n) is 6.13. The van der Waals surface area contributed by atoms with Crippen LogP contribution in [-0.4, -0.2) is 17.6 Å². The van der Waals surface area contributed by atoms with Gasteiger partial charge in [0.2, 0.25) is 5.91 Å². The fourth-order valence-electron chi connectivity index (χ4n) is 1.79. The molecule has 0 heterocycles. The Bertz CT molecular complexity index is 596. The summed E-state index contributed by atoms with van der Waals surface area (Å²) in [5.74, 6) is 0.0530. The van der Waals surface area contributed by atoms with Crippen LogP contribution in [0.3, 0.4) is 0 Å². The molecule has 0 saturated carbocycles. The van der Waals surface area contributed by atoms with Crippen LogP contribution in [0.25, 0.3) is 0 Å². The van der Waals surface area contributed by atoms with Crippen molar-refractivity contribution in [1.82, 2.24) is 0 Å². The summed E-state index contributed by atoms with van der Waals surface area (Å²) in [4.78, 5) is 10.9. The van der Waals surface area contributed by atoms with Gasteiger partial charge in [0.05, 0.1) is 0 Å². The van der Waals surface area contributed by atoms with E-state index in [0.717, 1.165) is 0 Å². The highest BCUT2D eigenvalue weighted by molar-refractivity contribution is 5.92. The van der Waals surface area contributed by atoms with Crippen molar-refractivity contribution >= 4 is 11.6 Å². The van der Waals surface area contributed by atoms with E-state index in [4.69, 9.17) is 16.2 Å². The van der Waals surface area contributed by atoms with E-state index in [-0.39, 0.29) is 6.61 Å². The van der Waals surface area contributed by atoms with Crippen LogP contribution in [0, 0.1) is 0 Å². The predicted molar refractivity (Wildman–Crippen MR) is 76.3 cm³/mol. The molecule has 0 bridgehead atoms. The summed E-state index contributed by atoms with van der Waals surface area (Å²) in [6.45, 7) is 0.0735. The number of aliphatic hydroxyl groups is 1. The standard InChI is InChI=1S/C15H16N2O3/c16-13-4-2-1-3-12(13)14(18)9-20-11-7-5-10(6-8-11)15(17)19/h1-8,14,18H,9,16H2,(H2,17,19). The Hall–Kier alpha value is -2.53. The van der Waals surface area contributed by atoms with E-state index in [2.05, 4.69) is 0 Å². The third-order valence-electron chi connectivity index (χ3n) is 2.90. The smallest absolute Gasteiger partial charge is 0.248 e. The number of hydrogen-bond acceptors (Lipinski definition) is 4. The highest BCUT2D eigenvalue weighted by Crippen LogP contribution is 2.21. The number of benzene rings is 2. The number of aliphatic hydroxyl groups excluding tert-OH is 1. The van der Waals surface area contributed by atoms with Gasteiger partial charge in [-0.3, -0.25) is 4.79 Å². The Morgan fingerprint density at radius 2 is 1.80 bits per heavy atom. The van der Waals surface area contributed by atoms with Gasteiger partial charge >= 0.3 is 0 Å². The predicted octanol–water partition coefficient (Wildman–Crippen LogP) is 1.48. The molecular weight excluding hydrogens is 256 g/mol. The van der Waals surface area contributed by atoms with Crippen molar-refractivity contribution in [2.45, 2.75) is 6.10 Å². The second kappa shape index (κ2) is 6.08. The summed E-state index contributed by atoms with van der Waals surface area (Å²) in [5.41, 5.74) is 12.5. The molecule has 1 amide bonds. The molecule has 2 aromatic rings. The maximum absolute atomic E-state index is 10.9. The number of carbonyl (C=O) groups is 1. The molecular formula is C15H16N2O3. The molecule has 1 atom stereocenters. The van der Waals surface area contributed by atoms with E-state index in [9.17, 15) is 9.90 Å². The number of hydrogen-bond donors (Lipinski definition) is 3. The van der Waals surface area contributed by atoms with Gasteiger partial charge in [-0.05, 0) is 30.3 Å². The number of carbonyl (C=O) groups excluding carboxylic acids is 1. The Kier molecular flexibility index (Phi) is 4.22. The zero-order valence-corrected chi connectivity index (χ0v) is 10.8. The van der Waals surface area contributed by atoms with Crippen LogP contribution in [0.15, 0.2) is 48.5 Å². The van der Waals surface area contributed by atoms with Gasteiger partial charge in [-0.2, -0.15) is 0 Å². The molecule has 0 aromatic heterocycles. The quantitative estimate of drug-likeness (QED) is 0.718. The second-order valence-electron chi connectivity index (χ2n) is 4.34. The molecule has 104 valence electrons. The van der Waals surface area contributed by atoms with Gasteiger partial charge in [-0.15, -0.1) is 0 Å². The van der Waals surface area contributed by atoms with E-state index in [1.165, 1.54) is 0 Å². The summed E-state index contributed by atoms with van der Waals surface area (Å²) in [6.07, 6.45) is -0.813. The van der Waals surface area contributed by atoms with Crippen molar-refractivity contribution < 1.29 is 14.6 Å². The summed E-state index contributed by atoms with van der Waals surface area (Å²) in [6, 6.07) is 13.5. The Morgan fingerprint density at radius 1 is 1.15 bits per heavy atom. The van der Waals surface area contributed by atoms with Crippen molar-refractivity contribution in [3.63, 3.8) is 0 Å². The first kappa shape index (κ1) is 13.9. The third-order valence-corrected chi connectivity index (χ3v) is 2.90. The Labute approximate surface area is 116 Å². The number of amides is 1. The fraction of sp³-hybridized carbons (Fsp3) is 0.133. The number of rotatable bonds is 5. The molecule has 0 aliphatic rings. The van der Waals surface area contributed by atoms with Crippen LogP contribution in [0.4, 0.5) is 5.69 Å². The largest absolute Gasteiger partial charge is 0.491 e. The lowest BCUT2D eigenvalue weighted by molar-refractivity contribution is 0.0999. The normalized spacial score (nSPS) is 11.8. The minimum Gasteiger partial charge on any atom is -0.491 e. The van der Waals surface area contributed by atoms with Crippen LogP contribution >= 0.6 is 0 Å². The van der Waals surface area contributed by atoms with Crippen LogP contribution in [-0.2, 0) is 0 Å². The van der Waals surface area contributed by atoms with Gasteiger partial charge in [-0.25, -0.2) is 0 Å². The molecule has 0 fully saturated rings. The lowest BCUT2D eigenvalue weighted by Gasteiger charge is -2.14. The Balaban J connectivity index is 1.98. The molecule has 5 heteroatoms. The van der Waals surface area contributed by atoms with Gasteiger partial charge in [0.15, 0.2) is 0 Å². The number of ether oxygens (including phenoxy) is 1. The molecule has 0 aliphatic heterocycles. The van der Waals surface area contributed by atoms with Gasteiger partial charge in [0.25, 0.3) is 0 Å². The number of anilines is 1. The van der Waals surface area contributed by atoms with Crippen molar-refractivity contribution in [2.24, 2.45) is 5.73 Å². The number of nitrogen functional groups attached to an aromatic ring is 1. The highest BCUT2D eigenvalue weighted by atomic mass is 16.5. The molecule has 0 radical (unpaired) electrons. The monoisotopic (exact) mass is 272 g/mol. The minimum atomic E-state index is -0.813. The molecule has 0 spiro atoms. The number of nitrogens with two attached hydrogens (primary N) is 2. The average Bonchev–Trinajstić information content (AvgIpc) is 2.45. The number of primary amides is 1. The summed E-state index contributed by atoms with van der Waals surface area (Å²) < 4.78 is 5.45. The summed E-state index contributed by atoms with van der Waals surface area (Å²) in [7, 11) is 0. The highest BCUT2D eigenvalue weighted by Gasteiger charge is 2.11. The molecule has 5 N–H and O–H groups in total. The van der Waals surface area contributed by atoms with Crippen LogP contribution in [0.1, 0.15) is 22.0 Å². The molecule has 2 aromatic carbocycles. The van der Waals surface area contributed by atoms with Gasteiger partial charge in [-0.1, -0.05) is 18.2 Å². The van der Waals surface area contributed by atoms with Crippen molar-refractivity contribution in [3.05, 3.63) is 59.7 Å². The van der Waals surface area contributed by atoms with Crippen molar-refractivity contribution in [3.8, 4) is 5.75 Å². The van der Waals surface area contributed by atoms with Crippen LogP contribution < -0.4 is 16.2 Å². The molecule has 5 nitrogen and oxygen atoms in total. The van der Waals surface area contributed by atoms with Crippen molar-refractivity contribution in [1.29, 1.82) is 0 Å². The minimum absolute atomic E-state index is 0.0735. The van der Waals surface area contributed by atoms with Crippen molar-refractivity contribution in [2.75, 3.05) is 12.3 Å². The maximum atomic E-state index is 10.9. The van der Waals surface area contributed by atoms with Crippen LogP contribution in [0.2, 0.25) is 0 Å². The zero-order valence-electron chi connectivity index (χ0n) is 10.8. The molecule has 0 saturated heterocycles. The average molecular weight is 272 g/mol. The van der Waals surface area contributed by atoms with E-state index >= 15 is 0 Å². The van der Waals surface area contributed by atoms with Gasteiger partial charge in [0, 0.05) is 16.8 Å². The summed E-state index contributed by atoms with van der Waals surface area (Å²) >= 11 is 0. The van der Waals surface area contributed by atoms with Crippen LogP contribution in [0.5, 0.6) is 5.75 Å². The van der Waals surface area contributed by atoms with E-state index in [1.54, 1.807) is 48.5 Å². The lowest BCUT2D eigenvalue weighted by Crippen LogP contribution is -2.12. The van der Waals surface area contributed by atoms with Gasteiger partial charge < -0.3 is 21.3 Å². The zero-order chi connectivity index (χ0) is 14.5. The second-order valence-corrected chi connectivity index (χ2v) is 4.34. The van der Waals surface area contributed by atoms with E-state index < -0.39 is 12.0 Å². The number of para-hydroxylation sites is 1.